The SMILES string of the molecule is CCS(=O)(=O)c1ccc([C@H](CO)NC(=O)c2ccc3c(COC(F)(F)F)c(Cc4ccc(Cl)cc4C(F)(F)F)oc3c2)nc1. The van der Waals surface area contributed by atoms with Gasteiger partial charge in [0.05, 0.1) is 41.2 Å². The number of carbonyl (C=O) groups is 1. The molecule has 0 aliphatic carbocycles. The number of pyridine rings is 1. The van der Waals surface area contributed by atoms with Gasteiger partial charge >= 0.3 is 12.5 Å². The summed E-state index contributed by atoms with van der Waals surface area (Å²) >= 11 is 5.73. The summed E-state index contributed by atoms with van der Waals surface area (Å²) in [4.78, 5) is 17.0. The lowest BCUT2D eigenvalue weighted by molar-refractivity contribution is -0.330. The number of ether oxygens (including phenoxy) is 1. The van der Waals surface area contributed by atoms with Crippen LogP contribution in [0.4, 0.5) is 26.3 Å². The number of hydrogen-bond donors (Lipinski definition) is 2. The van der Waals surface area contributed by atoms with Crippen molar-refractivity contribution in [1.82, 2.24) is 10.3 Å². The highest BCUT2D eigenvalue weighted by atomic mass is 35.5. The summed E-state index contributed by atoms with van der Waals surface area (Å²) in [6.07, 6.45) is -9.34. The van der Waals surface area contributed by atoms with Gasteiger partial charge in [-0.25, -0.2) is 8.42 Å². The Kier molecular flexibility index (Phi) is 9.63. The van der Waals surface area contributed by atoms with Crippen molar-refractivity contribution in [3.8, 4) is 0 Å². The molecular formula is C28H23ClF6N2O6S. The standard InChI is InChI=1S/C28H23ClF6N2O6S/c1-2-44(40,41)18-6-8-22(36-12-18)23(13-38)37-26(39)16-4-7-19-20(14-42-28(33,34)35)25(43-24(19)10-16)9-15-3-5-17(29)11-21(15)27(30,31)32/h3-8,10-12,23,38H,2,9,13-14H2,1H3,(H,37,39)/t23-/m0/s1. The Labute approximate surface area is 251 Å². The molecule has 0 saturated carbocycles. The van der Waals surface area contributed by atoms with Gasteiger partial charge in [0.1, 0.15) is 11.3 Å². The molecule has 16 heteroatoms. The number of sulfone groups is 1. The van der Waals surface area contributed by atoms with Crippen LogP contribution in [0, 0.1) is 0 Å². The van der Waals surface area contributed by atoms with Gasteiger partial charge in [0, 0.05) is 34.2 Å². The number of fused-ring (bicyclic) bond motifs is 1. The van der Waals surface area contributed by atoms with Gasteiger partial charge in [-0.3, -0.25) is 14.5 Å². The largest absolute Gasteiger partial charge is 0.522 e. The Bertz CT molecular complexity index is 1770. The smallest absolute Gasteiger partial charge is 0.460 e. The highest BCUT2D eigenvalue weighted by Crippen LogP contribution is 2.37. The Morgan fingerprint density at radius 3 is 2.41 bits per heavy atom. The predicted octanol–water partition coefficient (Wildman–Crippen LogP) is 6.38. The molecule has 4 rings (SSSR count). The normalized spacial score (nSPS) is 13.3. The third-order valence-electron chi connectivity index (χ3n) is 6.59. The molecule has 2 N–H and O–H groups in total. The minimum Gasteiger partial charge on any atom is -0.460 e. The molecule has 0 fully saturated rings. The summed E-state index contributed by atoms with van der Waals surface area (Å²) in [6.45, 7) is -0.232. The van der Waals surface area contributed by atoms with Crippen LogP contribution in [0.2, 0.25) is 5.02 Å². The summed E-state index contributed by atoms with van der Waals surface area (Å²) in [5.74, 6) is -1.17. The zero-order chi connectivity index (χ0) is 32.4. The molecular weight excluding hydrogens is 642 g/mol. The van der Waals surface area contributed by atoms with Gasteiger partial charge in [0.15, 0.2) is 9.84 Å². The zero-order valence-electron chi connectivity index (χ0n) is 22.6. The predicted molar refractivity (Wildman–Crippen MR) is 146 cm³/mol. The number of hydrogen-bond acceptors (Lipinski definition) is 7. The maximum atomic E-state index is 13.7. The topological polar surface area (TPSA) is 119 Å². The summed E-state index contributed by atoms with van der Waals surface area (Å²) in [7, 11) is -3.54. The van der Waals surface area contributed by atoms with E-state index in [1.54, 1.807) is 0 Å². The highest BCUT2D eigenvalue weighted by molar-refractivity contribution is 7.91. The van der Waals surface area contributed by atoms with Crippen molar-refractivity contribution in [2.45, 2.75) is 43.4 Å². The van der Waals surface area contributed by atoms with Crippen LogP contribution in [0.3, 0.4) is 0 Å². The van der Waals surface area contributed by atoms with E-state index in [9.17, 15) is 44.7 Å². The van der Waals surface area contributed by atoms with E-state index < -0.39 is 59.5 Å². The minimum atomic E-state index is -5.05. The van der Waals surface area contributed by atoms with Crippen molar-refractivity contribution in [3.05, 3.63) is 93.5 Å². The van der Waals surface area contributed by atoms with Crippen molar-refractivity contribution >= 4 is 38.3 Å². The van der Waals surface area contributed by atoms with Crippen molar-refractivity contribution in [2.24, 2.45) is 0 Å². The van der Waals surface area contributed by atoms with Gasteiger partial charge in [-0.05, 0) is 48.0 Å². The number of furan rings is 1. The number of aromatic nitrogens is 1. The summed E-state index contributed by atoms with van der Waals surface area (Å²) in [5, 5.41) is 12.2. The van der Waals surface area contributed by atoms with Crippen molar-refractivity contribution < 1.29 is 53.8 Å². The number of carbonyl (C=O) groups excluding carboxylic acids is 1. The fraction of sp³-hybridized carbons (Fsp3) is 0.286. The number of amides is 1. The first kappa shape index (κ1) is 33.2. The molecule has 2 heterocycles. The maximum Gasteiger partial charge on any atom is 0.522 e. The van der Waals surface area contributed by atoms with Crippen LogP contribution in [0.25, 0.3) is 11.0 Å². The average Bonchev–Trinajstić information content (AvgIpc) is 3.30. The van der Waals surface area contributed by atoms with Crippen molar-refractivity contribution in [3.63, 3.8) is 0 Å². The molecule has 0 saturated heterocycles. The molecule has 0 spiro atoms. The Morgan fingerprint density at radius 1 is 1.09 bits per heavy atom. The van der Waals surface area contributed by atoms with E-state index in [1.807, 2.05) is 0 Å². The summed E-state index contributed by atoms with van der Waals surface area (Å²) in [5.41, 5.74) is -1.62. The molecule has 8 nitrogen and oxygen atoms in total. The molecule has 236 valence electrons. The van der Waals surface area contributed by atoms with E-state index in [0.717, 1.165) is 12.3 Å². The number of aliphatic hydroxyl groups is 1. The molecule has 0 bridgehead atoms. The van der Waals surface area contributed by atoms with Crippen molar-refractivity contribution in [1.29, 1.82) is 0 Å². The van der Waals surface area contributed by atoms with Gasteiger partial charge in [0.2, 0.25) is 0 Å². The number of nitrogens with zero attached hydrogens (tertiary/aromatic N) is 1. The second kappa shape index (κ2) is 12.8. The quantitative estimate of drug-likeness (QED) is 0.189. The molecule has 0 aliphatic heterocycles. The fourth-order valence-corrected chi connectivity index (χ4v) is 5.33. The molecule has 0 radical (unpaired) electrons. The lowest BCUT2D eigenvalue weighted by Crippen LogP contribution is -2.31. The summed E-state index contributed by atoms with van der Waals surface area (Å²) in [6, 6.07) is 8.20. The molecule has 1 amide bonds. The lowest BCUT2D eigenvalue weighted by atomic mass is 10.00. The van der Waals surface area contributed by atoms with Crippen LogP contribution in [-0.4, -0.2) is 43.1 Å². The van der Waals surface area contributed by atoms with Gasteiger partial charge in [0.25, 0.3) is 5.91 Å². The fourth-order valence-electron chi connectivity index (χ4n) is 4.34. The van der Waals surface area contributed by atoms with E-state index in [2.05, 4.69) is 15.0 Å². The van der Waals surface area contributed by atoms with E-state index in [1.165, 1.54) is 43.3 Å². The number of nitrogens with one attached hydrogen (secondary N) is 1. The first-order valence-corrected chi connectivity index (χ1v) is 14.8. The van der Waals surface area contributed by atoms with Crippen LogP contribution in [0.15, 0.2) is 64.0 Å². The van der Waals surface area contributed by atoms with Crippen LogP contribution in [-0.2, 0) is 33.8 Å². The van der Waals surface area contributed by atoms with E-state index in [-0.39, 0.29) is 54.8 Å². The van der Waals surface area contributed by atoms with E-state index in [4.69, 9.17) is 16.0 Å². The summed E-state index contributed by atoms with van der Waals surface area (Å²) < 4.78 is 113. The second-order valence-corrected chi connectivity index (χ2v) is 12.2. The number of halogens is 7. The Morgan fingerprint density at radius 2 is 1.82 bits per heavy atom. The molecule has 0 unspecified atom stereocenters. The number of aliphatic hydroxyl groups excluding tert-OH is 1. The van der Waals surface area contributed by atoms with Crippen LogP contribution in [0.5, 0.6) is 0 Å². The van der Waals surface area contributed by atoms with Crippen LogP contribution < -0.4 is 5.32 Å². The molecule has 44 heavy (non-hydrogen) atoms. The molecule has 4 aromatic rings. The van der Waals surface area contributed by atoms with Gasteiger partial charge < -0.3 is 14.8 Å². The lowest BCUT2D eigenvalue weighted by Gasteiger charge is -2.16. The van der Waals surface area contributed by atoms with Gasteiger partial charge in [-0.15, -0.1) is 13.2 Å². The third kappa shape index (κ3) is 7.70. The van der Waals surface area contributed by atoms with E-state index in [0.29, 0.717) is 6.07 Å². The zero-order valence-corrected chi connectivity index (χ0v) is 24.2. The minimum absolute atomic E-state index is 0.0443. The first-order chi connectivity index (χ1) is 20.5. The van der Waals surface area contributed by atoms with Gasteiger partial charge in [-0.1, -0.05) is 24.6 Å². The molecule has 1 atom stereocenters. The van der Waals surface area contributed by atoms with Gasteiger partial charge in [-0.2, -0.15) is 13.2 Å². The Balaban J connectivity index is 1.66. The van der Waals surface area contributed by atoms with Crippen molar-refractivity contribution in [2.75, 3.05) is 12.4 Å². The molecule has 0 aliphatic rings. The van der Waals surface area contributed by atoms with Crippen LogP contribution in [0.1, 0.15) is 51.5 Å². The third-order valence-corrected chi connectivity index (χ3v) is 8.55. The number of rotatable bonds is 10. The number of benzene rings is 2. The average molecular weight is 665 g/mol. The first-order valence-electron chi connectivity index (χ1n) is 12.7. The molecule has 2 aromatic heterocycles. The molecule has 2 aromatic carbocycles. The van der Waals surface area contributed by atoms with Crippen LogP contribution >= 0.6 is 11.6 Å². The maximum absolute atomic E-state index is 13.7. The highest BCUT2D eigenvalue weighted by Gasteiger charge is 2.35. The van der Waals surface area contributed by atoms with E-state index >= 15 is 0 Å². The Hall–Kier alpha value is -3.66. The number of alkyl halides is 6. The monoisotopic (exact) mass is 664 g/mol. The second-order valence-electron chi connectivity index (χ2n) is 9.46.